The molecule has 0 amide bonds. The van der Waals surface area contributed by atoms with E-state index in [4.69, 9.17) is 26.1 Å². The standard InChI is InChI=1S/C24H26ClFN4O5S/c1-13(23(31)32)10-14-11-30(7-8-35-14)12-17-18(24(33)34-2)20(15-4-3-5-16(26)19(15)25)29-21(28-17)22-27-6-9-36-22/h3-6,9,13-14,20H,7-8,10-12H2,1-2H3,(H,28,29)(H,31,32)/t13?,14-,20+/m1/s1. The number of amidine groups is 1. The van der Waals surface area contributed by atoms with E-state index in [2.05, 4.69) is 15.2 Å². The number of aromatic nitrogens is 1. The van der Waals surface area contributed by atoms with E-state index in [-0.39, 0.29) is 16.7 Å². The Morgan fingerprint density at radius 1 is 1.44 bits per heavy atom. The highest BCUT2D eigenvalue weighted by atomic mass is 35.5. The van der Waals surface area contributed by atoms with Gasteiger partial charge in [0.05, 0.1) is 36.3 Å². The number of aliphatic carboxylic acids is 1. The van der Waals surface area contributed by atoms with Gasteiger partial charge < -0.3 is 19.9 Å². The maximum absolute atomic E-state index is 14.4. The summed E-state index contributed by atoms with van der Waals surface area (Å²) in [6.07, 6.45) is 1.75. The summed E-state index contributed by atoms with van der Waals surface area (Å²) in [5.41, 5.74) is 1.08. The smallest absolute Gasteiger partial charge is 0.338 e. The molecule has 0 aliphatic carbocycles. The lowest BCUT2D eigenvalue weighted by Gasteiger charge is -2.36. The van der Waals surface area contributed by atoms with Crippen molar-refractivity contribution in [1.29, 1.82) is 0 Å². The van der Waals surface area contributed by atoms with Crippen LogP contribution in [-0.2, 0) is 19.1 Å². The molecule has 1 unspecified atom stereocenters. The molecule has 2 aliphatic heterocycles. The number of benzene rings is 1. The van der Waals surface area contributed by atoms with Gasteiger partial charge in [0.25, 0.3) is 0 Å². The average molecular weight is 537 g/mol. The van der Waals surface area contributed by atoms with E-state index in [1.807, 2.05) is 0 Å². The van der Waals surface area contributed by atoms with Crippen molar-refractivity contribution < 1.29 is 28.6 Å². The summed E-state index contributed by atoms with van der Waals surface area (Å²) in [5, 5.41) is 14.8. The van der Waals surface area contributed by atoms with Crippen molar-refractivity contribution in [1.82, 2.24) is 15.2 Å². The number of nitrogens with one attached hydrogen (secondary N) is 1. The molecule has 2 aromatic rings. The maximum atomic E-state index is 14.4. The number of nitrogens with zero attached hydrogens (tertiary/aromatic N) is 3. The van der Waals surface area contributed by atoms with Crippen molar-refractivity contribution in [2.45, 2.75) is 25.5 Å². The van der Waals surface area contributed by atoms with Crippen molar-refractivity contribution in [2.24, 2.45) is 10.9 Å². The van der Waals surface area contributed by atoms with Gasteiger partial charge >= 0.3 is 11.9 Å². The molecule has 12 heteroatoms. The minimum absolute atomic E-state index is 0.124. The molecular weight excluding hydrogens is 511 g/mol. The van der Waals surface area contributed by atoms with Gasteiger partial charge in [0.2, 0.25) is 0 Å². The largest absolute Gasteiger partial charge is 0.481 e. The Morgan fingerprint density at radius 2 is 2.25 bits per heavy atom. The highest BCUT2D eigenvalue weighted by Crippen LogP contribution is 2.37. The molecule has 36 heavy (non-hydrogen) atoms. The third-order valence-electron chi connectivity index (χ3n) is 6.08. The normalized spacial score (nSPS) is 21.5. The Morgan fingerprint density at radius 3 is 2.94 bits per heavy atom. The molecule has 2 N–H and O–H groups in total. The zero-order valence-corrected chi connectivity index (χ0v) is 21.3. The Bertz CT molecular complexity index is 1190. The Balaban J connectivity index is 1.71. The number of morpholine rings is 1. The monoisotopic (exact) mass is 536 g/mol. The van der Waals surface area contributed by atoms with Crippen LogP contribution in [0.2, 0.25) is 5.02 Å². The van der Waals surface area contributed by atoms with Crippen molar-refractivity contribution in [3.05, 3.63) is 62.5 Å². The van der Waals surface area contributed by atoms with Gasteiger partial charge in [0.15, 0.2) is 10.8 Å². The van der Waals surface area contributed by atoms with E-state index in [0.717, 1.165) is 0 Å². The van der Waals surface area contributed by atoms with Crippen LogP contribution >= 0.6 is 22.9 Å². The van der Waals surface area contributed by atoms with E-state index in [0.29, 0.717) is 54.8 Å². The van der Waals surface area contributed by atoms with Gasteiger partial charge in [-0.05, 0) is 12.5 Å². The molecule has 192 valence electrons. The third-order valence-corrected chi connectivity index (χ3v) is 7.26. The molecule has 0 radical (unpaired) electrons. The SMILES string of the molecule is COC(=O)C1=C(CN2CCO[C@H](CC(C)C(=O)O)C2)NC(c2nccs2)=N[C@H]1c1cccc(F)c1Cl. The Hall–Kier alpha value is -2.86. The van der Waals surface area contributed by atoms with Crippen LogP contribution in [0.1, 0.15) is 30.0 Å². The van der Waals surface area contributed by atoms with Crippen LogP contribution in [-0.4, -0.2) is 72.2 Å². The number of hydrogen-bond acceptors (Lipinski definition) is 9. The van der Waals surface area contributed by atoms with Gasteiger partial charge in [-0.3, -0.25) is 14.7 Å². The molecule has 0 spiro atoms. The van der Waals surface area contributed by atoms with Crippen LogP contribution < -0.4 is 5.32 Å². The molecule has 4 rings (SSSR count). The number of carboxylic acids is 1. The lowest BCUT2D eigenvalue weighted by molar-refractivity contribution is -0.143. The molecule has 0 bridgehead atoms. The Labute approximate surface area is 216 Å². The molecule has 9 nitrogen and oxygen atoms in total. The van der Waals surface area contributed by atoms with Crippen LogP contribution in [0, 0.1) is 11.7 Å². The van der Waals surface area contributed by atoms with Crippen LogP contribution in [0.5, 0.6) is 0 Å². The quantitative estimate of drug-likeness (QED) is 0.494. The molecule has 1 aromatic heterocycles. The van der Waals surface area contributed by atoms with Crippen molar-refractivity contribution in [2.75, 3.05) is 33.4 Å². The van der Waals surface area contributed by atoms with Crippen molar-refractivity contribution in [3.63, 3.8) is 0 Å². The summed E-state index contributed by atoms with van der Waals surface area (Å²) in [5.74, 6) is -2.22. The molecule has 0 saturated carbocycles. The summed E-state index contributed by atoms with van der Waals surface area (Å²) in [4.78, 5) is 35.4. The first-order valence-electron chi connectivity index (χ1n) is 11.3. The molecular formula is C24H26ClFN4O5S. The lowest BCUT2D eigenvalue weighted by atomic mass is 9.95. The number of aliphatic imine (C=N–C) groups is 1. The number of carboxylic acid groups (broad SMARTS) is 1. The molecule has 2 aliphatic rings. The molecule has 1 aromatic carbocycles. The van der Waals surface area contributed by atoms with Gasteiger partial charge in [-0.2, -0.15) is 0 Å². The second kappa shape index (κ2) is 11.5. The number of carbonyl (C=O) groups is 2. The van der Waals surface area contributed by atoms with Gasteiger partial charge in [0, 0.05) is 42.5 Å². The highest BCUT2D eigenvalue weighted by Gasteiger charge is 2.35. The number of rotatable bonds is 8. The minimum Gasteiger partial charge on any atom is -0.481 e. The lowest BCUT2D eigenvalue weighted by Crippen LogP contribution is -2.47. The predicted molar refractivity (Wildman–Crippen MR) is 133 cm³/mol. The highest BCUT2D eigenvalue weighted by molar-refractivity contribution is 7.11. The second-order valence-corrected chi connectivity index (χ2v) is 9.84. The van der Waals surface area contributed by atoms with Crippen LogP contribution in [0.15, 0.2) is 46.0 Å². The van der Waals surface area contributed by atoms with E-state index in [9.17, 15) is 19.1 Å². The zero-order valence-electron chi connectivity index (χ0n) is 19.7. The maximum Gasteiger partial charge on any atom is 0.338 e. The van der Waals surface area contributed by atoms with Crippen LogP contribution in [0.4, 0.5) is 4.39 Å². The van der Waals surface area contributed by atoms with E-state index in [1.165, 1.54) is 30.6 Å². The van der Waals surface area contributed by atoms with Gasteiger partial charge in [-0.15, -0.1) is 11.3 Å². The van der Waals surface area contributed by atoms with Gasteiger partial charge in [-0.1, -0.05) is 30.7 Å². The molecule has 1 saturated heterocycles. The first kappa shape index (κ1) is 26.2. The number of ether oxygens (including phenoxy) is 2. The van der Waals surface area contributed by atoms with Gasteiger partial charge in [0.1, 0.15) is 11.9 Å². The summed E-state index contributed by atoms with van der Waals surface area (Å²) >= 11 is 7.69. The number of halogens is 2. The summed E-state index contributed by atoms with van der Waals surface area (Å²) in [7, 11) is 1.27. The number of hydrogen-bond donors (Lipinski definition) is 2. The molecule has 3 atom stereocenters. The predicted octanol–water partition coefficient (Wildman–Crippen LogP) is 3.27. The first-order valence-corrected chi connectivity index (χ1v) is 12.6. The topological polar surface area (TPSA) is 113 Å². The van der Waals surface area contributed by atoms with Crippen LogP contribution in [0.25, 0.3) is 0 Å². The van der Waals surface area contributed by atoms with E-state index < -0.39 is 29.7 Å². The molecule has 1 fully saturated rings. The van der Waals surface area contributed by atoms with Crippen molar-refractivity contribution in [3.8, 4) is 0 Å². The zero-order chi connectivity index (χ0) is 25.8. The van der Waals surface area contributed by atoms with E-state index in [1.54, 1.807) is 24.6 Å². The average Bonchev–Trinajstić information content (AvgIpc) is 3.40. The van der Waals surface area contributed by atoms with Gasteiger partial charge in [-0.25, -0.2) is 14.2 Å². The van der Waals surface area contributed by atoms with Crippen LogP contribution in [0.3, 0.4) is 0 Å². The molecule has 3 heterocycles. The fourth-order valence-corrected chi connectivity index (χ4v) is 5.08. The summed E-state index contributed by atoms with van der Waals surface area (Å²) in [6, 6.07) is 3.47. The number of carbonyl (C=O) groups excluding carboxylic acids is 1. The first-order chi connectivity index (χ1) is 17.3. The number of esters is 1. The summed E-state index contributed by atoms with van der Waals surface area (Å²) < 4.78 is 25.3. The number of methoxy groups -OCH3 is 1. The fraction of sp³-hybridized carbons (Fsp3) is 0.417. The number of thiazole rings is 1. The second-order valence-electron chi connectivity index (χ2n) is 8.57. The Kier molecular flexibility index (Phi) is 8.35. The van der Waals surface area contributed by atoms with E-state index >= 15 is 0 Å². The summed E-state index contributed by atoms with van der Waals surface area (Å²) in [6.45, 7) is 3.43. The fourth-order valence-electron chi connectivity index (χ4n) is 4.26. The third kappa shape index (κ3) is 5.75. The van der Waals surface area contributed by atoms with Crippen molar-refractivity contribution >= 4 is 40.7 Å². The minimum atomic E-state index is -0.917.